The number of hydrogen-bond donors (Lipinski definition) is 2. The first-order chi connectivity index (χ1) is 8.74. The largest absolute Gasteiger partial charge is 0.337 e. The highest BCUT2D eigenvalue weighted by Crippen LogP contribution is 2.08. The lowest BCUT2D eigenvalue weighted by Crippen LogP contribution is -2.38. The molecule has 4 nitrogen and oxygen atoms in total. The summed E-state index contributed by atoms with van der Waals surface area (Å²) in [5.41, 5.74) is 2.48. The van der Waals surface area contributed by atoms with Gasteiger partial charge in [0.1, 0.15) is 0 Å². The van der Waals surface area contributed by atoms with Crippen molar-refractivity contribution >= 4 is 23.0 Å². The summed E-state index contributed by atoms with van der Waals surface area (Å²) in [5, 5.41) is 6.30. The van der Waals surface area contributed by atoms with Crippen molar-refractivity contribution < 1.29 is 4.79 Å². The van der Waals surface area contributed by atoms with Crippen molar-refractivity contribution in [3.8, 4) is 0 Å². The molecule has 2 rings (SSSR count). The Labute approximate surface area is 111 Å². The van der Waals surface area contributed by atoms with Gasteiger partial charge in [-0.25, -0.2) is 4.79 Å². The van der Waals surface area contributed by atoms with Crippen LogP contribution in [0.4, 0.5) is 4.79 Å². The first-order valence-electron chi connectivity index (χ1n) is 6.02. The number of thioether (sulfide) groups is 1. The van der Waals surface area contributed by atoms with Crippen LogP contribution in [0.3, 0.4) is 0 Å². The van der Waals surface area contributed by atoms with E-state index < -0.39 is 0 Å². The van der Waals surface area contributed by atoms with Gasteiger partial charge in [0.15, 0.2) is 5.17 Å². The SMILES string of the molecule is Cc1cccc(CCNC(=O)NC2=NCCS2)c1. The number of amidine groups is 1. The second-order valence-electron chi connectivity index (χ2n) is 4.16. The summed E-state index contributed by atoms with van der Waals surface area (Å²) >= 11 is 1.58. The van der Waals surface area contributed by atoms with E-state index in [-0.39, 0.29) is 6.03 Å². The van der Waals surface area contributed by atoms with Crippen molar-refractivity contribution in [2.75, 3.05) is 18.8 Å². The monoisotopic (exact) mass is 263 g/mol. The third kappa shape index (κ3) is 4.07. The normalized spacial score (nSPS) is 14.2. The molecule has 1 aromatic carbocycles. The fourth-order valence-electron chi connectivity index (χ4n) is 1.74. The summed E-state index contributed by atoms with van der Waals surface area (Å²) in [6.07, 6.45) is 0.842. The highest BCUT2D eigenvalue weighted by Gasteiger charge is 2.09. The average Bonchev–Trinajstić information content (AvgIpc) is 2.82. The average molecular weight is 263 g/mol. The highest BCUT2D eigenvalue weighted by molar-refractivity contribution is 8.14. The minimum Gasteiger partial charge on any atom is -0.337 e. The zero-order valence-electron chi connectivity index (χ0n) is 10.4. The van der Waals surface area contributed by atoms with Gasteiger partial charge in [0, 0.05) is 12.3 Å². The molecule has 1 heterocycles. The molecule has 2 amide bonds. The maximum atomic E-state index is 11.5. The summed E-state index contributed by atoms with van der Waals surface area (Å²) in [6.45, 7) is 3.50. The molecule has 2 N–H and O–H groups in total. The van der Waals surface area contributed by atoms with Crippen LogP contribution in [-0.2, 0) is 6.42 Å². The number of rotatable bonds is 3. The number of carbonyl (C=O) groups is 1. The Morgan fingerprint density at radius 3 is 3.11 bits per heavy atom. The minimum atomic E-state index is -0.171. The van der Waals surface area contributed by atoms with Gasteiger partial charge in [-0.05, 0) is 18.9 Å². The smallest absolute Gasteiger partial charge is 0.320 e. The van der Waals surface area contributed by atoms with Crippen LogP contribution < -0.4 is 10.6 Å². The number of nitrogens with zero attached hydrogens (tertiary/aromatic N) is 1. The summed E-state index contributed by atoms with van der Waals surface area (Å²) in [7, 11) is 0. The van der Waals surface area contributed by atoms with Crippen LogP contribution in [0.1, 0.15) is 11.1 Å². The lowest BCUT2D eigenvalue weighted by Gasteiger charge is -2.07. The molecule has 0 aliphatic carbocycles. The van der Waals surface area contributed by atoms with Crippen LogP contribution in [0, 0.1) is 6.92 Å². The standard InChI is InChI=1S/C13H17N3OS/c1-10-3-2-4-11(9-10)5-6-14-12(17)16-13-15-7-8-18-13/h2-4,9H,5-8H2,1H3,(H2,14,15,16,17). The summed E-state index contributed by atoms with van der Waals surface area (Å²) in [4.78, 5) is 15.7. The molecule has 1 aliphatic rings. The first-order valence-corrected chi connectivity index (χ1v) is 7.00. The molecular formula is C13H17N3OS. The van der Waals surface area contributed by atoms with E-state index in [2.05, 4.69) is 40.7 Å². The quantitative estimate of drug-likeness (QED) is 0.875. The molecule has 18 heavy (non-hydrogen) atoms. The van der Waals surface area contributed by atoms with Gasteiger partial charge in [0.2, 0.25) is 0 Å². The Bertz CT molecular complexity index is 459. The molecule has 0 saturated carbocycles. The Morgan fingerprint density at radius 2 is 2.39 bits per heavy atom. The van der Waals surface area contributed by atoms with Gasteiger partial charge < -0.3 is 5.32 Å². The van der Waals surface area contributed by atoms with E-state index in [1.165, 1.54) is 11.1 Å². The number of hydrogen-bond acceptors (Lipinski definition) is 3. The van der Waals surface area contributed by atoms with Crippen molar-refractivity contribution in [3.05, 3.63) is 35.4 Å². The molecule has 0 fully saturated rings. The number of benzene rings is 1. The Hall–Kier alpha value is -1.49. The number of urea groups is 1. The fraction of sp³-hybridized carbons (Fsp3) is 0.385. The predicted molar refractivity (Wildman–Crippen MR) is 76.2 cm³/mol. The molecule has 0 bridgehead atoms. The topological polar surface area (TPSA) is 53.5 Å². The molecule has 0 unspecified atom stereocenters. The number of aryl methyl sites for hydroxylation is 1. The number of aliphatic imine (C=N–C) groups is 1. The lowest BCUT2D eigenvalue weighted by molar-refractivity contribution is 0.245. The van der Waals surface area contributed by atoms with Crippen molar-refractivity contribution in [1.82, 2.24) is 10.6 Å². The molecule has 96 valence electrons. The maximum Gasteiger partial charge on any atom is 0.320 e. The van der Waals surface area contributed by atoms with Gasteiger partial charge in [0.05, 0.1) is 6.54 Å². The van der Waals surface area contributed by atoms with Crippen LogP contribution in [0.2, 0.25) is 0 Å². The van der Waals surface area contributed by atoms with Gasteiger partial charge >= 0.3 is 6.03 Å². The van der Waals surface area contributed by atoms with Crippen LogP contribution in [-0.4, -0.2) is 30.0 Å². The molecule has 1 aliphatic heterocycles. The molecule has 0 radical (unpaired) electrons. The van der Waals surface area contributed by atoms with Crippen molar-refractivity contribution in [1.29, 1.82) is 0 Å². The second-order valence-corrected chi connectivity index (χ2v) is 5.24. The first kappa shape index (κ1) is 13.0. The summed E-state index contributed by atoms with van der Waals surface area (Å²) in [5.74, 6) is 0.957. The van der Waals surface area contributed by atoms with Gasteiger partial charge in [-0.2, -0.15) is 0 Å². The zero-order chi connectivity index (χ0) is 12.8. The number of amides is 2. The van der Waals surface area contributed by atoms with Crippen LogP contribution >= 0.6 is 11.8 Å². The van der Waals surface area contributed by atoms with Crippen LogP contribution in [0.25, 0.3) is 0 Å². The van der Waals surface area contributed by atoms with Crippen molar-refractivity contribution in [2.24, 2.45) is 4.99 Å². The van der Waals surface area contributed by atoms with Crippen LogP contribution in [0.15, 0.2) is 29.3 Å². The lowest BCUT2D eigenvalue weighted by atomic mass is 10.1. The Morgan fingerprint density at radius 1 is 1.50 bits per heavy atom. The predicted octanol–water partition coefficient (Wildman–Crippen LogP) is 1.94. The molecule has 5 heteroatoms. The Balaban J connectivity index is 1.70. The summed E-state index contributed by atoms with van der Waals surface area (Å²) in [6, 6.07) is 8.14. The van der Waals surface area contributed by atoms with E-state index >= 15 is 0 Å². The van der Waals surface area contributed by atoms with E-state index in [4.69, 9.17) is 0 Å². The van der Waals surface area contributed by atoms with E-state index in [0.717, 1.165) is 23.9 Å². The van der Waals surface area contributed by atoms with Gasteiger partial charge in [-0.3, -0.25) is 10.3 Å². The third-order valence-electron chi connectivity index (χ3n) is 2.59. The van der Waals surface area contributed by atoms with Gasteiger partial charge in [-0.1, -0.05) is 41.6 Å². The molecule has 0 atom stereocenters. The zero-order valence-corrected chi connectivity index (χ0v) is 11.2. The van der Waals surface area contributed by atoms with Gasteiger partial charge in [0.25, 0.3) is 0 Å². The fourth-order valence-corrected chi connectivity index (χ4v) is 2.46. The van der Waals surface area contributed by atoms with E-state index in [1.807, 2.05) is 6.07 Å². The van der Waals surface area contributed by atoms with Gasteiger partial charge in [-0.15, -0.1) is 0 Å². The molecule has 0 aromatic heterocycles. The minimum absolute atomic E-state index is 0.171. The van der Waals surface area contributed by atoms with Crippen molar-refractivity contribution in [2.45, 2.75) is 13.3 Å². The molecular weight excluding hydrogens is 246 g/mol. The van der Waals surface area contributed by atoms with Crippen LogP contribution in [0.5, 0.6) is 0 Å². The number of nitrogens with one attached hydrogen (secondary N) is 2. The van der Waals surface area contributed by atoms with E-state index in [9.17, 15) is 4.79 Å². The Kier molecular flexibility index (Phi) is 4.64. The second kappa shape index (κ2) is 6.44. The summed E-state index contributed by atoms with van der Waals surface area (Å²) < 4.78 is 0. The van der Waals surface area contributed by atoms with E-state index in [1.54, 1.807) is 11.8 Å². The number of carbonyl (C=O) groups excluding carboxylic acids is 1. The highest BCUT2D eigenvalue weighted by atomic mass is 32.2. The molecule has 1 aromatic rings. The third-order valence-corrected chi connectivity index (χ3v) is 3.48. The van der Waals surface area contributed by atoms with Crippen molar-refractivity contribution in [3.63, 3.8) is 0 Å². The molecule has 0 saturated heterocycles. The maximum absolute atomic E-state index is 11.5. The molecule has 0 spiro atoms. The van der Waals surface area contributed by atoms with E-state index in [0.29, 0.717) is 6.54 Å².